The molecule has 0 aliphatic carbocycles. The van der Waals surface area contributed by atoms with Crippen molar-refractivity contribution < 1.29 is 4.79 Å². The number of thioether (sulfide) groups is 1. The van der Waals surface area contributed by atoms with E-state index in [0.717, 1.165) is 4.90 Å². The summed E-state index contributed by atoms with van der Waals surface area (Å²) in [5, 5.41) is 3.71. The maximum atomic E-state index is 12.1. The molecule has 0 radical (unpaired) electrons. The Bertz CT molecular complexity index is 464. The second-order valence-corrected chi connectivity index (χ2v) is 6.17. The standard InChI is InChI=1S/C12H16Cl2N2OS/c1-12(2,6-15)16-11(17)7-4-10(18-3)9(14)5-8(7)13/h4-5H,6,15H2,1-3H3,(H,16,17). The average molecular weight is 307 g/mol. The van der Waals surface area contributed by atoms with Crippen molar-refractivity contribution in [1.82, 2.24) is 5.32 Å². The summed E-state index contributed by atoms with van der Waals surface area (Å²) in [7, 11) is 0. The van der Waals surface area contributed by atoms with Gasteiger partial charge in [-0.15, -0.1) is 11.8 Å². The average Bonchev–Trinajstić information content (AvgIpc) is 2.28. The minimum atomic E-state index is -0.473. The van der Waals surface area contributed by atoms with Crippen molar-refractivity contribution in [2.24, 2.45) is 5.73 Å². The summed E-state index contributed by atoms with van der Waals surface area (Å²) in [5.41, 5.74) is 5.51. The fourth-order valence-electron chi connectivity index (χ4n) is 1.29. The van der Waals surface area contributed by atoms with Gasteiger partial charge < -0.3 is 11.1 Å². The zero-order valence-corrected chi connectivity index (χ0v) is 12.8. The Morgan fingerprint density at radius 3 is 2.50 bits per heavy atom. The van der Waals surface area contributed by atoms with E-state index < -0.39 is 5.54 Å². The topological polar surface area (TPSA) is 55.1 Å². The van der Waals surface area contributed by atoms with Crippen molar-refractivity contribution >= 4 is 40.9 Å². The highest BCUT2D eigenvalue weighted by Gasteiger charge is 2.21. The number of nitrogens with two attached hydrogens (primary N) is 1. The lowest BCUT2D eigenvalue weighted by molar-refractivity contribution is 0.0915. The van der Waals surface area contributed by atoms with E-state index >= 15 is 0 Å². The fraction of sp³-hybridized carbons (Fsp3) is 0.417. The van der Waals surface area contributed by atoms with Gasteiger partial charge in [-0.3, -0.25) is 4.79 Å². The van der Waals surface area contributed by atoms with E-state index in [1.54, 1.807) is 12.1 Å². The molecule has 0 fully saturated rings. The van der Waals surface area contributed by atoms with Crippen molar-refractivity contribution in [2.75, 3.05) is 12.8 Å². The Kier molecular flexibility index (Phi) is 5.34. The fourth-order valence-corrected chi connectivity index (χ4v) is 2.48. The molecule has 100 valence electrons. The first-order valence-corrected chi connectivity index (χ1v) is 7.34. The minimum absolute atomic E-state index is 0.248. The largest absolute Gasteiger partial charge is 0.346 e. The first kappa shape index (κ1) is 15.6. The van der Waals surface area contributed by atoms with Gasteiger partial charge in [-0.2, -0.15) is 0 Å². The molecule has 0 aliphatic heterocycles. The lowest BCUT2D eigenvalue weighted by Crippen LogP contribution is -2.48. The lowest BCUT2D eigenvalue weighted by atomic mass is 10.1. The van der Waals surface area contributed by atoms with Crippen LogP contribution < -0.4 is 11.1 Å². The summed E-state index contributed by atoms with van der Waals surface area (Å²) < 4.78 is 0. The van der Waals surface area contributed by atoms with Crippen LogP contribution in [-0.4, -0.2) is 24.2 Å². The molecular formula is C12H16Cl2N2OS. The molecule has 0 aliphatic rings. The van der Waals surface area contributed by atoms with Crippen LogP contribution in [0.2, 0.25) is 10.0 Å². The summed E-state index contributed by atoms with van der Waals surface area (Å²) in [6, 6.07) is 3.27. The van der Waals surface area contributed by atoms with Gasteiger partial charge in [-0.25, -0.2) is 0 Å². The van der Waals surface area contributed by atoms with E-state index in [9.17, 15) is 4.79 Å². The van der Waals surface area contributed by atoms with Gasteiger partial charge in [0.15, 0.2) is 0 Å². The number of hydrogen-bond acceptors (Lipinski definition) is 3. The Morgan fingerprint density at radius 1 is 1.39 bits per heavy atom. The van der Waals surface area contributed by atoms with Crippen molar-refractivity contribution in [3.05, 3.63) is 27.7 Å². The Balaban J connectivity index is 3.06. The van der Waals surface area contributed by atoms with Gasteiger partial charge in [0.2, 0.25) is 0 Å². The van der Waals surface area contributed by atoms with Crippen LogP contribution in [0.5, 0.6) is 0 Å². The van der Waals surface area contributed by atoms with Crippen LogP contribution in [0.1, 0.15) is 24.2 Å². The van der Waals surface area contributed by atoms with Crippen molar-refractivity contribution in [1.29, 1.82) is 0 Å². The number of amides is 1. The van der Waals surface area contributed by atoms with Crippen molar-refractivity contribution in [3.8, 4) is 0 Å². The predicted molar refractivity (Wildman–Crippen MR) is 78.8 cm³/mol. The monoisotopic (exact) mass is 306 g/mol. The number of halogens is 2. The molecule has 0 unspecified atom stereocenters. The molecule has 1 aromatic carbocycles. The van der Waals surface area contributed by atoms with E-state index in [1.807, 2.05) is 20.1 Å². The second-order valence-electron chi connectivity index (χ2n) is 4.51. The zero-order chi connectivity index (χ0) is 13.9. The van der Waals surface area contributed by atoms with Gasteiger partial charge in [0.25, 0.3) is 5.91 Å². The molecule has 18 heavy (non-hydrogen) atoms. The molecule has 1 rings (SSSR count). The van der Waals surface area contributed by atoms with Gasteiger partial charge in [0.05, 0.1) is 15.6 Å². The van der Waals surface area contributed by atoms with Gasteiger partial charge in [-0.05, 0) is 32.2 Å². The predicted octanol–water partition coefficient (Wildman–Crippen LogP) is 3.18. The molecule has 0 aromatic heterocycles. The SMILES string of the molecule is CSc1cc(C(=O)NC(C)(C)CN)c(Cl)cc1Cl. The summed E-state index contributed by atoms with van der Waals surface area (Å²) >= 11 is 13.5. The lowest BCUT2D eigenvalue weighted by Gasteiger charge is -2.24. The number of hydrogen-bond donors (Lipinski definition) is 2. The third-order valence-electron chi connectivity index (χ3n) is 2.45. The van der Waals surface area contributed by atoms with E-state index in [1.165, 1.54) is 11.8 Å². The van der Waals surface area contributed by atoms with Crippen LogP contribution >= 0.6 is 35.0 Å². The van der Waals surface area contributed by atoms with Crippen LogP contribution in [0.3, 0.4) is 0 Å². The van der Waals surface area contributed by atoms with Crippen LogP contribution in [0.4, 0.5) is 0 Å². The highest BCUT2D eigenvalue weighted by Crippen LogP contribution is 2.31. The molecular weight excluding hydrogens is 291 g/mol. The number of carbonyl (C=O) groups is 1. The van der Waals surface area contributed by atoms with E-state index in [2.05, 4.69) is 5.32 Å². The first-order chi connectivity index (χ1) is 8.30. The maximum absolute atomic E-state index is 12.1. The number of benzene rings is 1. The summed E-state index contributed by atoms with van der Waals surface area (Å²) in [6.45, 7) is 4.05. The molecule has 6 heteroatoms. The Morgan fingerprint density at radius 2 is 2.00 bits per heavy atom. The molecule has 3 nitrogen and oxygen atoms in total. The Labute approximate surface area is 121 Å². The highest BCUT2D eigenvalue weighted by molar-refractivity contribution is 7.98. The molecule has 1 amide bonds. The molecule has 0 atom stereocenters. The molecule has 0 spiro atoms. The van der Waals surface area contributed by atoms with Crippen molar-refractivity contribution in [2.45, 2.75) is 24.3 Å². The first-order valence-electron chi connectivity index (χ1n) is 5.36. The molecule has 0 saturated heterocycles. The molecule has 3 N–H and O–H groups in total. The van der Waals surface area contributed by atoms with Crippen molar-refractivity contribution in [3.63, 3.8) is 0 Å². The van der Waals surface area contributed by atoms with Crippen LogP contribution in [0.25, 0.3) is 0 Å². The highest BCUT2D eigenvalue weighted by atomic mass is 35.5. The third-order valence-corrected chi connectivity index (χ3v) is 3.96. The number of carbonyl (C=O) groups excluding carboxylic acids is 1. The molecule has 0 heterocycles. The van der Waals surface area contributed by atoms with Crippen LogP contribution in [0, 0.1) is 0 Å². The van der Waals surface area contributed by atoms with E-state index in [0.29, 0.717) is 22.2 Å². The quantitative estimate of drug-likeness (QED) is 0.840. The van der Waals surface area contributed by atoms with Crippen LogP contribution in [-0.2, 0) is 0 Å². The Hall–Kier alpha value is -0.420. The van der Waals surface area contributed by atoms with Gasteiger partial charge in [0.1, 0.15) is 0 Å². The summed E-state index contributed by atoms with van der Waals surface area (Å²) in [5.74, 6) is -0.248. The van der Waals surface area contributed by atoms with E-state index in [-0.39, 0.29) is 5.91 Å². The minimum Gasteiger partial charge on any atom is -0.346 e. The smallest absolute Gasteiger partial charge is 0.253 e. The summed E-state index contributed by atoms with van der Waals surface area (Å²) in [4.78, 5) is 12.9. The summed E-state index contributed by atoms with van der Waals surface area (Å²) in [6.07, 6.45) is 1.89. The van der Waals surface area contributed by atoms with Gasteiger partial charge >= 0.3 is 0 Å². The molecule has 1 aromatic rings. The van der Waals surface area contributed by atoms with Gasteiger partial charge in [-0.1, -0.05) is 23.2 Å². The number of nitrogens with one attached hydrogen (secondary N) is 1. The number of rotatable bonds is 4. The zero-order valence-electron chi connectivity index (χ0n) is 10.5. The van der Waals surface area contributed by atoms with E-state index in [4.69, 9.17) is 28.9 Å². The third kappa shape index (κ3) is 3.79. The van der Waals surface area contributed by atoms with Gasteiger partial charge in [0, 0.05) is 17.0 Å². The maximum Gasteiger partial charge on any atom is 0.253 e. The molecule has 0 bridgehead atoms. The second kappa shape index (κ2) is 6.15. The molecule has 0 saturated carbocycles. The van der Waals surface area contributed by atoms with Crippen LogP contribution in [0.15, 0.2) is 17.0 Å². The normalized spacial score (nSPS) is 11.4.